The lowest BCUT2D eigenvalue weighted by atomic mass is 9.62. The molecule has 0 saturated heterocycles. The lowest BCUT2D eigenvalue weighted by Gasteiger charge is -2.49. The van der Waals surface area contributed by atoms with Gasteiger partial charge in [-0.2, -0.15) is 0 Å². The lowest BCUT2D eigenvalue weighted by Crippen LogP contribution is -2.59. The summed E-state index contributed by atoms with van der Waals surface area (Å²) in [6.45, 7) is 4.89. The second-order valence-electron chi connectivity index (χ2n) is 6.10. The molecule has 0 bridgehead atoms. The van der Waals surface area contributed by atoms with Crippen LogP contribution in [0.25, 0.3) is 0 Å². The van der Waals surface area contributed by atoms with E-state index in [1.165, 1.54) is 0 Å². The number of rotatable bonds is 2. The van der Waals surface area contributed by atoms with E-state index in [4.69, 9.17) is 0 Å². The van der Waals surface area contributed by atoms with Crippen molar-refractivity contribution in [2.24, 2.45) is 11.8 Å². The molecule has 2 rings (SSSR count). The zero-order chi connectivity index (χ0) is 14.3. The molecule has 0 nitrogen and oxygen atoms in total. The van der Waals surface area contributed by atoms with E-state index < -0.39 is 23.4 Å². The molecule has 1 saturated carbocycles. The largest absolute Gasteiger partial charge is 0.244 e. The highest BCUT2D eigenvalue weighted by atomic mass is 19.2. The van der Waals surface area contributed by atoms with Crippen molar-refractivity contribution in [3.8, 4) is 0 Å². The number of halogens is 3. The van der Waals surface area contributed by atoms with Crippen molar-refractivity contribution in [3.63, 3.8) is 0 Å². The van der Waals surface area contributed by atoms with Gasteiger partial charge in [0.1, 0.15) is 6.17 Å². The van der Waals surface area contributed by atoms with Gasteiger partial charge in [0.05, 0.1) is 0 Å². The van der Waals surface area contributed by atoms with Gasteiger partial charge in [0, 0.05) is 0 Å². The van der Waals surface area contributed by atoms with Crippen molar-refractivity contribution in [2.75, 3.05) is 0 Å². The van der Waals surface area contributed by atoms with Gasteiger partial charge >= 0.3 is 0 Å². The molecule has 1 fully saturated rings. The molecule has 4 atom stereocenters. The fraction of sp³-hybridized carbons (Fsp3) is 0.625. The number of hydrogen-bond acceptors (Lipinski definition) is 0. The monoisotopic (exact) mass is 270 g/mol. The highest BCUT2D eigenvalue weighted by molar-refractivity contribution is 5.29. The minimum atomic E-state index is -2.46. The summed E-state index contributed by atoms with van der Waals surface area (Å²) >= 11 is 0. The highest BCUT2D eigenvalue weighted by Crippen LogP contribution is 2.56. The van der Waals surface area contributed by atoms with Crippen LogP contribution < -0.4 is 0 Å². The van der Waals surface area contributed by atoms with Crippen LogP contribution in [0.15, 0.2) is 30.3 Å². The van der Waals surface area contributed by atoms with Crippen molar-refractivity contribution in [1.29, 1.82) is 0 Å². The van der Waals surface area contributed by atoms with Crippen LogP contribution in [0.3, 0.4) is 0 Å². The molecule has 1 aromatic carbocycles. The average molecular weight is 270 g/mol. The van der Waals surface area contributed by atoms with E-state index in [1.807, 2.05) is 0 Å². The van der Waals surface area contributed by atoms with Gasteiger partial charge in [-0.1, -0.05) is 51.1 Å². The third-order valence-electron chi connectivity index (χ3n) is 4.37. The van der Waals surface area contributed by atoms with Gasteiger partial charge in [-0.3, -0.25) is 0 Å². The van der Waals surface area contributed by atoms with Gasteiger partial charge in [0.25, 0.3) is 0 Å². The molecule has 19 heavy (non-hydrogen) atoms. The summed E-state index contributed by atoms with van der Waals surface area (Å²) in [4.78, 5) is 0. The summed E-state index contributed by atoms with van der Waals surface area (Å²) < 4.78 is 45.0. The van der Waals surface area contributed by atoms with Gasteiger partial charge in [-0.25, -0.2) is 13.2 Å². The summed E-state index contributed by atoms with van der Waals surface area (Å²) in [7, 11) is 0. The van der Waals surface area contributed by atoms with Crippen LogP contribution in [0.1, 0.15) is 39.2 Å². The molecule has 0 spiro atoms. The second-order valence-corrected chi connectivity index (χ2v) is 6.10. The van der Waals surface area contributed by atoms with Gasteiger partial charge in [-0.05, 0) is 30.2 Å². The topological polar surface area (TPSA) is 0 Å². The predicted octanol–water partition coefficient (Wildman–Crippen LogP) is 4.98. The Labute approximate surface area is 113 Å². The maximum absolute atomic E-state index is 15.5. The van der Waals surface area contributed by atoms with E-state index in [0.717, 1.165) is 0 Å². The zero-order valence-corrected chi connectivity index (χ0v) is 11.7. The van der Waals surface area contributed by atoms with Crippen molar-refractivity contribution in [1.82, 2.24) is 0 Å². The first-order valence-electron chi connectivity index (χ1n) is 6.89. The van der Waals surface area contributed by atoms with Crippen LogP contribution in [-0.2, 0) is 5.67 Å². The fourth-order valence-corrected chi connectivity index (χ4v) is 3.35. The van der Waals surface area contributed by atoms with Crippen LogP contribution in [0, 0.1) is 11.8 Å². The smallest absolute Gasteiger partial charge is 0.182 e. The van der Waals surface area contributed by atoms with Gasteiger partial charge in [-0.15, -0.1) is 0 Å². The van der Waals surface area contributed by atoms with E-state index in [2.05, 4.69) is 0 Å². The molecule has 4 unspecified atom stereocenters. The van der Waals surface area contributed by atoms with E-state index in [1.54, 1.807) is 51.1 Å². The van der Waals surface area contributed by atoms with Gasteiger partial charge in [0.15, 0.2) is 11.3 Å². The first-order chi connectivity index (χ1) is 8.82. The van der Waals surface area contributed by atoms with Gasteiger partial charge in [0.2, 0.25) is 0 Å². The van der Waals surface area contributed by atoms with E-state index in [-0.39, 0.29) is 24.3 Å². The summed E-state index contributed by atoms with van der Waals surface area (Å²) in [5.41, 5.74) is -4.46. The fourth-order valence-electron chi connectivity index (χ4n) is 3.35. The van der Waals surface area contributed by atoms with Crippen molar-refractivity contribution >= 4 is 0 Å². The maximum atomic E-state index is 15.5. The summed E-state index contributed by atoms with van der Waals surface area (Å²) in [5, 5.41) is 0. The molecule has 0 N–H and O–H groups in total. The Balaban J connectivity index is 2.55. The maximum Gasteiger partial charge on any atom is 0.182 e. The minimum Gasteiger partial charge on any atom is -0.244 e. The second kappa shape index (κ2) is 4.84. The predicted molar refractivity (Wildman–Crippen MR) is 71.2 cm³/mol. The first-order valence-corrected chi connectivity index (χ1v) is 6.89. The van der Waals surface area contributed by atoms with Crippen molar-refractivity contribution < 1.29 is 13.2 Å². The molecule has 3 heteroatoms. The third kappa shape index (κ3) is 2.07. The Bertz CT molecular complexity index is 431. The summed E-state index contributed by atoms with van der Waals surface area (Å²) in [6, 6.07) is 8.21. The number of alkyl halides is 3. The Kier molecular flexibility index (Phi) is 3.67. The van der Waals surface area contributed by atoms with E-state index in [9.17, 15) is 4.39 Å². The Morgan fingerprint density at radius 1 is 1.16 bits per heavy atom. The lowest BCUT2D eigenvalue weighted by molar-refractivity contribution is -0.162. The highest BCUT2D eigenvalue weighted by Gasteiger charge is 2.64. The average Bonchev–Trinajstić information content (AvgIpc) is 2.36. The number of benzene rings is 1. The Morgan fingerprint density at radius 3 is 2.26 bits per heavy atom. The normalized spacial score (nSPS) is 39.5. The van der Waals surface area contributed by atoms with Crippen LogP contribution >= 0.6 is 0 Å². The van der Waals surface area contributed by atoms with Gasteiger partial charge < -0.3 is 0 Å². The Morgan fingerprint density at radius 2 is 1.74 bits per heavy atom. The molecule has 0 radical (unpaired) electrons. The SMILES string of the molecule is CC1CC(F)C(F)(C(C)C)C(F)(c2ccccc2)C1. The molecular weight excluding hydrogens is 249 g/mol. The molecule has 0 amide bonds. The third-order valence-corrected chi connectivity index (χ3v) is 4.37. The summed E-state index contributed by atoms with van der Waals surface area (Å²) in [6.07, 6.45) is -1.64. The van der Waals surface area contributed by atoms with Crippen molar-refractivity contribution in [3.05, 3.63) is 35.9 Å². The molecule has 0 heterocycles. The molecule has 0 aromatic heterocycles. The molecule has 106 valence electrons. The zero-order valence-electron chi connectivity index (χ0n) is 11.7. The van der Waals surface area contributed by atoms with Crippen LogP contribution in [0.4, 0.5) is 13.2 Å². The minimum absolute atomic E-state index is 0.0338. The van der Waals surface area contributed by atoms with Crippen molar-refractivity contribution in [2.45, 2.75) is 51.1 Å². The first kappa shape index (κ1) is 14.4. The standard InChI is InChI=1S/C16H21F3/c1-11(2)16(19)14(17)9-12(3)10-15(16,18)13-7-5-4-6-8-13/h4-8,11-12,14H,9-10H2,1-3H3. The molecule has 1 aromatic rings. The molecule has 1 aliphatic rings. The molecule has 0 aliphatic heterocycles. The summed E-state index contributed by atoms with van der Waals surface area (Å²) in [5.74, 6) is -0.872. The number of hydrogen-bond donors (Lipinski definition) is 0. The van der Waals surface area contributed by atoms with Crippen LogP contribution in [0.5, 0.6) is 0 Å². The van der Waals surface area contributed by atoms with Crippen LogP contribution in [-0.4, -0.2) is 11.8 Å². The molecule has 1 aliphatic carbocycles. The van der Waals surface area contributed by atoms with Crippen LogP contribution in [0.2, 0.25) is 0 Å². The van der Waals surface area contributed by atoms with E-state index >= 15 is 8.78 Å². The molecular formula is C16H21F3. The Hall–Kier alpha value is -0.990. The van der Waals surface area contributed by atoms with E-state index in [0.29, 0.717) is 0 Å². The quantitative estimate of drug-likeness (QED) is 0.710.